The molecule has 0 spiro atoms. The number of nitrogens with one attached hydrogen (secondary N) is 2. The Balaban J connectivity index is 0.00000441. The summed E-state index contributed by atoms with van der Waals surface area (Å²) in [5, 5.41) is 6.65. The molecular weight excluding hydrogens is 395 g/mol. The largest absolute Gasteiger partial charge is 0.382 e. The van der Waals surface area contributed by atoms with E-state index in [2.05, 4.69) is 34.5 Å². The van der Waals surface area contributed by atoms with Crippen LogP contribution in [0.1, 0.15) is 26.2 Å². The number of likely N-dealkylation sites (tertiary alicyclic amines) is 1. The average Bonchev–Trinajstić information content (AvgIpc) is 2.89. The van der Waals surface area contributed by atoms with E-state index in [1.165, 1.54) is 19.4 Å². The zero-order chi connectivity index (χ0) is 15.3. The van der Waals surface area contributed by atoms with Crippen LogP contribution in [-0.2, 0) is 9.47 Å². The summed E-state index contributed by atoms with van der Waals surface area (Å²) < 4.78 is 10.4. The summed E-state index contributed by atoms with van der Waals surface area (Å²) in [5.41, 5.74) is 0. The lowest BCUT2D eigenvalue weighted by atomic mass is 10.2. The number of methoxy groups -OCH3 is 1. The summed E-state index contributed by atoms with van der Waals surface area (Å²) in [5.74, 6) is 0.912. The number of guanidine groups is 1. The molecule has 1 aliphatic heterocycles. The minimum Gasteiger partial charge on any atom is -0.382 e. The van der Waals surface area contributed by atoms with E-state index < -0.39 is 0 Å². The molecule has 0 amide bonds. The number of hydrogen-bond donors (Lipinski definition) is 2. The van der Waals surface area contributed by atoms with Crippen LogP contribution in [0.4, 0.5) is 0 Å². The summed E-state index contributed by atoms with van der Waals surface area (Å²) in [6, 6.07) is 0.595. The molecule has 0 aromatic carbocycles. The van der Waals surface area contributed by atoms with Gasteiger partial charge < -0.3 is 25.0 Å². The number of likely N-dealkylation sites (N-methyl/N-ethyl adjacent to an activating group) is 1. The van der Waals surface area contributed by atoms with E-state index in [9.17, 15) is 0 Å². The van der Waals surface area contributed by atoms with Gasteiger partial charge in [-0.15, -0.1) is 24.0 Å². The third-order valence-electron chi connectivity index (χ3n) is 3.67. The second kappa shape index (κ2) is 14.5. The number of hydrogen-bond acceptors (Lipinski definition) is 4. The predicted molar refractivity (Wildman–Crippen MR) is 102 cm³/mol. The Hall–Kier alpha value is -0.120. The van der Waals surface area contributed by atoms with Crippen molar-refractivity contribution in [1.82, 2.24) is 15.5 Å². The standard InChI is InChI=1S/C15H32N4O2.HI/c1-4-16-15(17-8-6-10-21-12-11-20-3)18-13-14-7-5-9-19(14)2;/h14H,4-13H2,1-3H3,(H2,16,17,18);1H. The normalized spacial score (nSPS) is 19.0. The highest BCUT2D eigenvalue weighted by Gasteiger charge is 2.20. The van der Waals surface area contributed by atoms with Gasteiger partial charge in [0.05, 0.1) is 19.8 Å². The van der Waals surface area contributed by atoms with Crippen LogP contribution in [0.15, 0.2) is 4.99 Å². The summed E-state index contributed by atoms with van der Waals surface area (Å²) >= 11 is 0. The fourth-order valence-electron chi connectivity index (χ4n) is 2.37. The first-order valence-electron chi connectivity index (χ1n) is 8.07. The monoisotopic (exact) mass is 428 g/mol. The van der Waals surface area contributed by atoms with Gasteiger partial charge in [-0.05, 0) is 39.8 Å². The molecule has 132 valence electrons. The number of rotatable bonds is 10. The fraction of sp³-hybridized carbons (Fsp3) is 0.933. The molecule has 6 nitrogen and oxygen atoms in total. The van der Waals surface area contributed by atoms with Gasteiger partial charge in [0.1, 0.15) is 0 Å². The van der Waals surface area contributed by atoms with E-state index in [0.29, 0.717) is 19.3 Å². The molecule has 0 aliphatic carbocycles. The Morgan fingerprint density at radius 2 is 2.09 bits per heavy atom. The maximum Gasteiger partial charge on any atom is 0.191 e. The van der Waals surface area contributed by atoms with E-state index >= 15 is 0 Å². The van der Waals surface area contributed by atoms with Gasteiger partial charge in [-0.3, -0.25) is 4.99 Å². The molecule has 1 aliphatic rings. The van der Waals surface area contributed by atoms with E-state index in [0.717, 1.165) is 38.6 Å². The minimum atomic E-state index is 0. The number of nitrogens with zero attached hydrogens (tertiary/aromatic N) is 2. The fourth-order valence-corrected chi connectivity index (χ4v) is 2.37. The highest BCUT2D eigenvalue weighted by Crippen LogP contribution is 2.14. The van der Waals surface area contributed by atoms with Crippen molar-refractivity contribution in [3.8, 4) is 0 Å². The molecular formula is C15H33IN4O2. The van der Waals surface area contributed by atoms with Crippen molar-refractivity contribution < 1.29 is 9.47 Å². The van der Waals surface area contributed by atoms with E-state index in [4.69, 9.17) is 9.47 Å². The molecule has 1 rings (SSSR count). The van der Waals surface area contributed by atoms with E-state index in [-0.39, 0.29) is 24.0 Å². The number of halogens is 1. The van der Waals surface area contributed by atoms with Crippen molar-refractivity contribution in [3.63, 3.8) is 0 Å². The molecule has 0 aromatic rings. The van der Waals surface area contributed by atoms with Crippen molar-refractivity contribution in [2.75, 3.05) is 60.2 Å². The van der Waals surface area contributed by atoms with Crippen molar-refractivity contribution in [2.45, 2.75) is 32.2 Å². The van der Waals surface area contributed by atoms with Gasteiger partial charge in [-0.25, -0.2) is 0 Å². The van der Waals surface area contributed by atoms with Gasteiger partial charge in [0.2, 0.25) is 0 Å². The zero-order valence-electron chi connectivity index (χ0n) is 14.3. The van der Waals surface area contributed by atoms with Crippen LogP contribution >= 0.6 is 24.0 Å². The van der Waals surface area contributed by atoms with E-state index in [1.807, 2.05) is 0 Å². The lowest BCUT2D eigenvalue weighted by Crippen LogP contribution is -2.39. The van der Waals surface area contributed by atoms with Crippen molar-refractivity contribution >= 4 is 29.9 Å². The molecule has 0 bridgehead atoms. The quantitative estimate of drug-likeness (QED) is 0.238. The van der Waals surface area contributed by atoms with Crippen LogP contribution in [0.25, 0.3) is 0 Å². The van der Waals surface area contributed by atoms with Crippen LogP contribution in [0, 0.1) is 0 Å². The molecule has 0 radical (unpaired) electrons. The lowest BCUT2D eigenvalue weighted by molar-refractivity contribution is 0.0698. The lowest BCUT2D eigenvalue weighted by Gasteiger charge is -2.18. The van der Waals surface area contributed by atoms with E-state index in [1.54, 1.807) is 7.11 Å². The average molecular weight is 428 g/mol. The molecule has 2 N–H and O–H groups in total. The van der Waals surface area contributed by atoms with Gasteiger partial charge in [-0.2, -0.15) is 0 Å². The molecule has 22 heavy (non-hydrogen) atoms. The topological polar surface area (TPSA) is 58.1 Å². The Bertz CT molecular complexity index is 293. The summed E-state index contributed by atoms with van der Waals surface area (Å²) in [6.07, 6.45) is 3.52. The second-order valence-corrected chi connectivity index (χ2v) is 5.38. The highest BCUT2D eigenvalue weighted by atomic mass is 127. The van der Waals surface area contributed by atoms with Gasteiger partial charge in [0.25, 0.3) is 0 Å². The molecule has 1 atom stereocenters. The molecule has 0 saturated carbocycles. The predicted octanol–water partition coefficient (Wildman–Crippen LogP) is 1.31. The third kappa shape index (κ3) is 9.81. The van der Waals surface area contributed by atoms with Gasteiger partial charge in [0, 0.05) is 32.8 Å². The van der Waals surface area contributed by atoms with Gasteiger partial charge in [0.15, 0.2) is 5.96 Å². The molecule has 1 unspecified atom stereocenters. The molecule has 1 saturated heterocycles. The Morgan fingerprint density at radius 1 is 1.27 bits per heavy atom. The molecule has 1 fully saturated rings. The van der Waals surface area contributed by atoms with Crippen LogP contribution in [0.3, 0.4) is 0 Å². The second-order valence-electron chi connectivity index (χ2n) is 5.38. The molecule has 1 heterocycles. The van der Waals surface area contributed by atoms with Crippen molar-refractivity contribution in [3.05, 3.63) is 0 Å². The first kappa shape index (κ1) is 21.9. The van der Waals surface area contributed by atoms with Crippen molar-refractivity contribution in [1.29, 1.82) is 0 Å². The third-order valence-corrected chi connectivity index (χ3v) is 3.67. The molecule has 0 aromatic heterocycles. The first-order chi connectivity index (χ1) is 10.3. The van der Waals surface area contributed by atoms with Crippen LogP contribution in [0.2, 0.25) is 0 Å². The number of ether oxygens (including phenoxy) is 2. The Kier molecular flexibility index (Phi) is 14.4. The summed E-state index contributed by atoms with van der Waals surface area (Å²) in [7, 11) is 3.87. The summed E-state index contributed by atoms with van der Waals surface area (Å²) in [6.45, 7) is 7.99. The maximum absolute atomic E-state index is 5.44. The summed E-state index contributed by atoms with van der Waals surface area (Å²) in [4.78, 5) is 7.08. The van der Waals surface area contributed by atoms with Crippen LogP contribution in [0.5, 0.6) is 0 Å². The highest BCUT2D eigenvalue weighted by molar-refractivity contribution is 14.0. The van der Waals surface area contributed by atoms with Crippen molar-refractivity contribution in [2.24, 2.45) is 4.99 Å². The Labute approximate surface area is 152 Å². The van der Waals surface area contributed by atoms with Crippen LogP contribution < -0.4 is 10.6 Å². The first-order valence-corrected chi connectivity index (χ1v) is 8.07. The maximum atomic E-state index is 5.44. The van der Waals surface area contributed by atoms with Gasteiger partial charge >= 0.3 is 0 Å². The minimum absolute atomic E-state index is 0. The van der Waals surface area contributed by atoms with Crippen LogP contribution in [-0.4, -0.2) is 77.1 Å². The molecule has 7 heteroatoms. The number of aliphatic imine (C=N–C) groups is 1. The Morgan fingerprint density at radius 3 is 2.73 bits per heavy atom. The van der Waals surface area contributed by atoms with Gasteiger partial charge in [-0.1, -0.05) is 0 Å². The SMILES string of the molecule is CCNC(=NCC1CCCN1C)NCCCOCCOC.I. The zero-order valence-corrected chi connectivity index (χ0v) is 16.6. The smallest absolute Gasteiger partial charge is 0.191 e.